The molecule has 0 saturated heterocycles. The molecule has 0 unspecified atom stereocenters. The van der Waals surface area contributed by atoms with Crippen molar-refractivity contribution in [1.29, 1.82) is 0 Å². The topological polar surface area (TPSA) is 46.2 Å². The van der Waals surface area contributed by atoms with Crippen LogP contribution >= 0.6 is 28.3 Å². The summed E-state index contributed by atoms with van der Waals surface area (Å²) in [6.45, 7) is 1.87. The van der Waals surface area contributed by atoms with Crippen LogP contribution in [0.4, 0.5) is 0 Å². The Hall–Kier alpha value is -0.250. The van der Waals surface area contributed by atoms with Crippen LogP contribution in [0.15, 0.2) is 22.7 Å². The number of hydrogen-bond donors (Lipinski definition) is 2. The molecule has 1 rings (SSSR count). The maximum absolute atomic E-state index is 9.11. The van der Waals surface area contributed by atoms with Gasteiger partial charge >= 0.3 is 0 Å². The highest BCUT2D eigenvalue weighted by Gasteiger charge is 2.04. The van der Waals surface area contributed by atoms with Crippen LogP contribution < -0.4 is 5.73 Å². The molecule has 3 N–H and O–H groups in total. The minimum absolute atomic E-state index is 0. The third-order valence-corrected chi connectivity index (χ3v) is 2.19. The minimum atomic E-state index is -0.0588. The molecule has 12 heavy (non-hydrogen) atoms. The van der Waals surface area contributed by atoms with E-state index in [1.807, 2.05) is 6.92 Å². The number of rotatable bonds is 1. The first-order valence-corrected chi connectivity index (χ1v) is 4.14. The first-order chi connectivity index (χ1) is 5.11. The van der Waals surface area contributed by atoms with Gasteiger partial charge in [-0.1, -0.05) is 15.9 Å². The lowest BCUT2D eigenvalue weighted by atomic mass is 10.1. The number of hydrogen-bond acceptors (Lipinski definition) is 2. The fraction of sp³-hybridized carbons (Fsp3) is 0.250. The second kappa shape index (κ2) is 4.70. The fourth-order valence-electron chi connectivity index (χ4n) is 0.880. The molecule has 0 aliphatic heterocycles. The van der Waals surface area contributed by atoms with Gasteiger partial charge in [-0.2, -0.15) is 0 Å². The molecule has 0 heterocycles. The maximum atomic E-state index is 9.11. The van der Waals surface area contributed by atoms with E-state index in [0.29, 0.717) is 0 Å². The highest BCUT2D eigenvalue weighted by molar-refractivity contribution is 9.10. The Morgan fingerprint density at radius 2 is 2.08 bits per heavy atom. The van der Waals surface area contributed by atoms with E-state index in [0.717, 1.165) is 10.0 Å². The lowest BCUT2D eigenvalue weighted by Gasteiger charge is -2.07. The van der Waals surface area contributed by atoms with Gasteiger partial charge in [-0.15, -0.1) is 12.4 Å². The van der Waals surface area contributed by atoms with Crippen LogP contribution in [-0.4, -0.2) is 5.11 Å². The molecule has 1 aromatic carbocycles. The summed E-state index contributed by atoms with van der Waals surface area (Å²) in [6.07, 6.45) is 0. The Labute approximate surface area is 86.3 Å². The van der Waals surface area contributed by atoms with E-state index in [4.69, 9.17) is 10.8 Å². The van der Waals surface area contributed by atoms with Crippen molar-refractivity contribution >= 4 is 28.3 Å². The third kappa shape index (κ3) is 2.66. The van der Waals surface area contributed by atoms with Crippen LogP contribution in [-0.2, 0) is 0 Å². The third-order valence-electron chi connectivity index (χ3n) is 1.47. The first-order valence-electron chi connectivity index (χ1n) is 3.35. The summed E-state index contributed by atoms with van der Waals surface area (Å²) in [6, 6.07) is 5.01. The summed E-state index contributed by atoms with van der Waals surface area (Å²) in [7, 11) is 0. The van der Waals surface area contributed by atoms with Crippen molar-refractivity contribution in [3.63, 3.8) is 0 Å². The van der Waals surface area contributed by atoms with Crippen LogP contribution in [0.25, 0.3) is 0 Å². The van der Waals surface area contributed by atoms with Crippen LogP contribution in [0.2, 0.25) is 0 Å². The molecule has 0 aromatic heterocycles. The second-order valence-corrected chi connectivity index (χ2v) is 3.35. The standard InChI is InChI=1S/C8H10BrNO.ClH/c1-5(10)7-4-6(11)2-3-8(7)9;/h2-5,11H,10H2,1H3;1H/t5-;/m1./s1. The molecule has 68 valence electrons. The van der Waals surface area contributed by atoms with E-state index in [1.54, 1.807) is 18.2 Å². The maximum Gasteiger partial charge on any atom is 0.115 e. The predicted octanol–water partition coefficient (Wildman–Crippen LogP) is 2.60. The van der Waals surface area contributed by atoms with Gasteiger partial charge in [0.15, 0.2) is 0 Å². The molecule has 1 aromatic rings. The van der Waals surface area contributed by atoms with E-state index in [2.05, 4.69) is 15.9 Å². The van der Waals surface area contributed by atoms with Crippen molar-refractivity contribution in [1.82, 2.24) is 0 Å². The molecule has 0 spiro atoms. The van der Waals surface area contributed by atoms with E-state index in [1.165, 1.54) is 0 Å². The van der Waals surface area contributed by atoms with Gasteiger partial charge in [-0.3, -0.25) is 0 Å². The van der Waals surface area contributed by atoms with Gasteiger partial charge in [0.1, 0.15) is 5.75 Å². The average Bonchev–Trinajstić information content (AvgIpc) is 1.94. The number of nitrogens with two attached hydrogens (primary N) is 1. The van der Waals surface area contributed by atoms with Gasteiger partial charge in [-0.25, -0.2) is 0 Å². The highest BCUT2D eigenvalue weighted by Crippen LogP contribution is 2.25. The average molecular weight is 253 g/mol. The van der Waals surface area contributed by atoms with Crippen LogP contribution in [0.3, 0.4) is 0 Å². The molecule has 0 aliphatic carbocycles. The molecule has 0 radical (unpaired) electrons. The molecule has 1 atom stereocenters. The molecular formula is C8H11BrClNO. The Kier molecular flexibility index (Phi) is 4.60. The van der Waals surface area contributed by atoms with E-state index in [9.17, 15) is 0 Å². The van der Waals surface area contributed by atoms with Crippen molar-refractivity contribution in [2.75, 3.05) is 0 Å². The van der Waals surface area contributed by atoms with Gasteiger partial charge in [0.2, 0.25) is 0 Å². The summed E-state index contributed by atoms with van der Waals surface area (Å²) >= 11 is 3.34. The molecule has 0 aliphatic rings. The fourth-order valence-corrected chi connectivity index (χ4v) is 1.49. The second-order valence-electron chi connectivity index (χ2n) is 2.49. The van der Waals surface area contributed by atoms with Crippen molar-refractivity contribution < 1.29 is 5.11 Å². The molecule has 4 heteroatoms. The van der Waals surface area contributed by atoms with Crippen molar-refractivity contribution in [3.8, 4) is 5.75 Å². The minimum Gasteiger partial charge on any atom is -0.508 e. The highest BCUT2D eigenvalue weighted by atomic mass is 79.9. The van der Waals surface area contributed by atoms with E-state index >= 15 is 0 Å². The van der Waals surface area contributed by atoms with Gasteiger partial charge in [0, 0.05) is 10.5 Å². The predicted molar refractivity (Wildman–Crippen MR) is 55.7 cm³/mol. The summed E-state index contributed by atoms with van der Waals surface area (Å²) in [5.74, 6) is 0.250. The van der Waals surface area contributed by atoms with Crippen LogP contribution in [0, 0.1) is 0 Å². The molecule has 0 bridgehead atoms. The lowest BCUT2D eigenvalue weighted by molar-refractivity contribution is 0.473. The summed E-state index contributed by atoms with van der Waals surface area (Å²) < 4.78 is 0.935. The summed E-state index contributed by atoms with van der Waals surface area (Å²) in [5, 5.41) is 9.11. The van der Waals surface area contributed by atoms with Gasteiger partial charge in [0.25, 0.3) is 0 Å². The van der Waals surface area contributed by atoms with E-state index < -0.39 is 0 Å². The number of benzene rings is 1. The van der Waals surface area contributed by atoms with Crippen molar-refractivity contribution in [2.24, 2.45) is 5.73 Å². The van der Waals surface area contributed by atoms with Gasteiger partial charge in [-0.05, 0) is 30.7 Å². The van der Waals surface area contributed by atoms with Crippen LogP contribution in [0.1, 0.15) is 18.5 Å². The van der Waals surface area contributed by atoms with Gasteiger partial charge in [0.05, 0.1) is 0 Å². The Balaban J connectivity index is 0.00000121. The number of phenolic OH excluding ortho intramolecular Hbond substituents is 1. The first kappa shape index (κ1) is 11.8. The van der Waals surface area contributed by atoms with Crippen LogP contribution in [0.5, 0.6) is 5.75 Å². The Morgan fingerprint density at radius 3 is 2.50 bits per heavy atom. The molecule has 0 saturated carbocycles. The largest absolute Gasteiger partial charge is 0.508 e. The summed E-state index contributed by atoms with van der Waals surface area (Å²) in [4.78, 5) is 0. The molecule has 2 nitrogen and oxygen atoms in total. The van der Waals surface area contributed by atoms with E-state index in [-0.39, 0.29) is 24.2 Å². The zero-order valence-corrected chi connectivity index (χ0v) is 9.02. The lowest BCUT2D eigenvalue weighted by Crippen LogP contribution is -2.05. The Bertz CT molecular complexity index is 265. The zero-order chi connectivity index (χ0) is 8.43. The summed E-state index contributed by atoms with van der Waals surface area (Å²) in [5.41, 5.74) is 6.56. The SMILES string of the molecule is C[C@@H](N)c1cc(O)ccc1Br.Cl. The number of phenols is 1. The quantitative estimate of drug-likeness (QED) is 0.807. The molecular weight excluding hydrogens is 241 g/mol. The zero-order valence-electron chi connectivity index (χ0n) is 6.62. The monoisotopic (exact) mass is 251 g/mol. The Morgan fingerprint density at radius 1 is 1.50 bits per heavy atom. The van der Waals surface area contributed by atoms with Crippen molar-refractivity contribution in [2.45, 2.75) is 13.0 Å². The normalized spacial score (nSPS) is 11.9. The smallest absolute Gasteiger partial charge is 0.115 e. The number of halogens is 2. The van der Waals surface area contributed by atoms with Gasteiger partial charge < -0.3 is 10.8 Å². The molecule has 0 amide bonds. The number of aromatic hydroxyl groups is 1. The molecule has 0 fully saturated rings. The van der Waals surface area contributed by atoms with Crippen molar-refractivity contribution in [3.05, 3.63) is 28.2 Å².